The molecule has 2 fully saturated rings. The average molecular weight is 240 g/mol. The highest BCUT2D eigenvalue weighted by Crippen LogP contribution is 2.32. The molecule has 2 rings (SSSR count). The molecule has 0 aromatic rings. The number of hydrogen-bond acceptors (Lipinski definition) is 3. The Morgan fingerprint density at radius 3 is 2.71 bits per heavy atom. The molecule has 0 saturated heterocycles. The summed E-state index contributed by atoms with van der Waals surface area (Å²) in [6.45, 7) is 2.20. The number of nitrogens with zero attached hydrogens (tertiary/aromatic N) is 1. The summed E-state index contributed by atoms with van der Waals surface area (Å²) >= 11 is 0. The van der Waals surface area contributed by atoms with Gasteiger partial charge in [-0.05, 0) is 38.0 Å². The van der Waals surface area contributed by atoms with Crippen molar-refractivity contribution in [2.75, 3.05) is 26.8 Å². The molecule has 0 aliphatic heterocycles. The Labute approximate surface area is 103 Å². The van der Waals surface area contributed by atoms with Crippen molar-refractivity contribution in [2.45, 2.75) is 44.1 Å². The maximum atomic E-state index is 11.9. The number of carbonyl (C=O) groups excluding carboxylic acids is 1. The maximum Gasteiger partial charge on any atom is 0.224 e. The third-order valence-electron chi connectivity index (χ3n) is 3.90. The molecule has 2 saturated carbocycles. The van der Waals surface area contributed by atoms with Crippen LogP contribution in [0.1, 0.15) is 38.5 Å². The number of rotatable bonds is 7. The van der Waals surface area contributed by atoms with Gasteiger partial charge in [0.25, 0.3) is 0 Å². The minimum absolute atomic E-state index is 0.155. The smallest absolute Gasteiger partial charge is 0.224 e. The molecule has 0 bridgehead atoms. The normalized spacial score (nSPS) is 22.0. The van der Waals surface area contributed by atoms with Gasteiger partial charge < -0.3 is 15.4 Å². The Bertz CT molecular complexity index is 273. The van der Waals surface area contributed by atoms with Crippen LogP contribution in [0, 0.1) is 5.92 Å². The summed E-state index contributed by atoms with van der Waals surface area (Å²) in [5.41, 5.74) is 5.86. The quantitative estimate of drug-likeness (QED) is 0.679. The number of ether oxygens (including phenoxy) is 1. The molecule has 98 valence electrons. The highest BCUT2D eigenvalue weighted by molar-refractivity contribution is 5.77. The predicted octanol–water partition coefficient (Wildman–Crippen LogP) is 1.14. The van der Waals surface area contributed by atoms with E-state index in [-0.39, 0.29) is 11.4 Å². The first kappa shape index (κ1) is 12.8. The second-order valence-corrected chi connectivity index (χ2v) is 5.73. The average Bonchev–Trinajstić information content (AvgIpc) is 3.05. The van der Waals surface area contributed by atoms with Crippen LogP contribution in [0.3, 0.4) is 0 Å². The van der Waals surface area contributed by atoms with Crippen molar-refractivity contribution in [1.29, 1.82) is 0 Å². The van der Waals surface area contributed by atoms with Crippen LogP contribution in [-0.4, -0.2) is 43.2 Å². The summed E-state index contributed by atoms with van der Waals surface area (Å²) in [7, 11) is 1.84. The van der Waals surface area contributed by atoms with Crippen LogP contribution in [0.5, 0.6) is 0 Å². The molecule has 0 unspecified atom stereocenters. The minimum atomic E-state index is -0.208. The number of hydrogen-bond donors (Lipinski definition) is 1. The predicted molar refractivity (Wildman–Crippen MR) is 66.6 cm³/mol. The third-order valence-corrected chi connectivity index (χ3v) is 3.90. The van der Waals surface area contributed by atoms with Crippen LogP contribution in [0.25, 0.3) is 0 Å². The van der Waals surface area contributed by atoms with Gasteiger partial charge in [0, 0.05) is 32.2 Å². The van der Waals surface area contributed by atoms with E-state index in [9.17, 15) is 4.79 Å². The standard InChI is InChI=1S/C13H24N2O2/c1-15(7-8-17-10-11-3-4-11)12(16)9-13(14)5-2-6-13/h11H,2-10,14H2,1H3. The summed E-state index contributed by atoms with van der Waals surface area (Å²) in [5.74, 6) is 0.945. The van der Waals surface area contributed by atoms with E-state index in [1.165, 1.54) is 12.8 Å². The van der Waals surface area contributed by atoms with Crippen molar-refractivity contribution in [3.05, 3.63) is 0 Å². The van der Waals surface area contributed by atoms with Gasteiger partial charge >= 0.3 is 0 Å². The van der Waals surface area contributed by atoms with E-state index in [1.807, 2.05) is 7.05 Å². The van der Waals surface area contributed by atoms with Gasteiger partial charge in [-0.3, -0.25) is 4.79 Å². The number of likely N-dealkylation sites (N-methyl/N-ethyl adjacent to an activating group) is 1. The van der Waals surface area contributed by atoms with Crippen LogP contribution >= 0.6 is 0 Å². The SMILES string of the molecule is CN(CCOCC1CC1)C(=O)CC1(N)CCC1. The lowest BCUT2D eigenvalue weighted by atomic mass is 9.75. The van der Waals surface area contributed by atoms with E-state index in [4.69, 9.17) is 10.5 Å². The summed E-state index contributed by atoms with van der Waals surface area (Å²) in [6.07, 6.45) is 6.26. The molecule has 4 nitrogen and oxygen atoms in total. The van der Waals surface area contributed by atoms with Crippen LogP contribution in [0.15, 0.2) is 0 Å². The molecule has 2 aliphatic rings. The van der Waals surface area contributed by atoms with E-state index in [1.54, 1.807) is 4.90 Å². The lowest BCUT2D eigenvalue weighted by Gasteiger charge is -2.38. The molecular weight excluding hydrogens is 216 g/mol. The zero-order chi connectivity index (χ0) is 12.3. The van der Waals surface area contributed by atoms with Gasteiger partial charge in [-0.15, -0.1) is 0 Å². The van der Waals surface area contributed by atoms with Gasteiger partial charge in [-0.25, -0.2) is 0 Å². The molecule has 2 aliphatic carbocycles. The van der Waals surface area contributed by atoms with E-state index < -0.39 is 0 Å². The highest BCUT2D eigenvalue weighted by atomic mass is 16.5. The first-order valence-corrected chi connectivity index (χ1v) is 6.70. The highest BCUT2D eigenvalue weighted by Gasteiger charge is 2.35. The lowest BCUT2D eigenvalue weighted by Crippen LogP contribution is -2.50. The minimum Gasteiger partial charge on any atom is -0.379 e. The largest absolute Gasteiger partial charge is 0.379 e. The number of nitrogens with two attached hydrogens (primary N) is 1. The van der Waals surface area contributed by atoms with Crippen molar-refractivity contribution >= 4 is 5.91 Å². The summed E-state index contributed by atoms with van der Waals surface area (Å²) < 4.78 is 5.52. The molecule has 17 heavy (non-hydrogen) atoms. The summed E-state index contributed by atoms with van der Waals surface area (Å²) in [4.78, 5) is 13.6. The van der Waals surface area contributed by atoms with Gasteiger partial charge in [-0.1, -0.05) is 0 Å². The third kappa shape index (κ3) is 3.96. The molecule has 0 heterocycles. The summed E-state index contributed by atoms with van der Waals surface area (Å²) in [5, 5.41) is 0. The van der Waals surface area contributed by atoms with Crippen LogP contribution in [-0.2, 0) is 9.53 Å². The number of carbonyl (C=O) groups is 1. The molecule has 0 radical (unpaired) electrons. The van der Waals surface area contributed by atoms with Crippen LogP contribution in [0.2, 0.25) is 0 Å². The fraction of sp³-hybridized carbons (Fsp3) is 0.923. The van der Waals surface area contributed by atoms with Crippen LogP contribution < -0.4 is 5.73 Å². The molecular formula is C13H24N2O2. The monoisotopic (exact) mass is 240 g/mol. The van der Waals surface area contributed by atoms with Crippen molar-refractivity contribution in [1.82, 2.24) is 4.90 Å². The Kier molecular flexibility index (Phi) is 4.05. The van der Waals surface area contributed by atoms with Gasteiger partial charge in [0.15, 0.2) is 0 Å². The Hall–Kier alpha value is -0.610. The lowest BCUT2D eigenvalue weighted by molar-refractivity contribution is -0.132. The van der Waals surface area contributed by atoms with E-state index >= 15 is 0 Å². The molecule has 0 aromatic heterocycles. The molecule has 0 atom stereocenters. The molecule has 1 amide bonds. The maximum absolute atomic E-state index is 11.9. The molecule has 4 heteroatoms. The first-order valence-electron chi connectivity index (χ1n) is 6.70. The zero-order valence-corrected chi connectivity index (χ0v) is 10.8. The van der Waals surface area contributed by atoms with Crippen molar-refractivity contribution in [3.63, 3.8) is 0 Å². The Morgan fingerprint density at radius 1 is 1.47 bits per heavy atom. The fourth-order valence-electron chi connectivity index (χ4n) is 2.10. The van der Waals surface area contributed by atoms with Crippen molar-refractivity contribution in [2.24, 2.45) is 11.7 Å². The van der Waals surface area contributed by atoms with Crippen molar-refractivity contribution < 1.29 is 9.53 Å². The van der Waals surface area contributed by atoms with E-state index in [0.717, 1.165) is 31.8 Å². The molecule has 0 spiro atoms. The Morgan fingerprint density at radius 2 is 2.18 bits per heavy atom. The summed E-state index contributed by atoms with van der Waals surface area (Å²) in [6, 6.07) is 0. The van der Waals surface area contributed by atoms with Gasteiger partial charge in [0.2, 0.25) is 5.91 Å². The molecule has 0 aromatic carbocycles. The van der Waals surface area contributed by atoms with Gasteiger partial charge in [0.1, 0.15) is 0 Å². The van der Waals surface area contributed by atoms with E-state index in [0.29, 0.717) is 19.6 Å². The fourth-order valence-corrected chi connectivity index (χ4v) is 2.10. The van der Waals surface area contributed by atoms with Gasteiger partial charge in [-0.2, -0.15) is 0 Å². The zero-order valence-electron chi connectivity index (χ0n) is 10.8. The Balaban J connectivity index is 1.57. The second-order valence-electron chi connectivity index (χ2n) is 5.73. The van der Waals surface area contributed by atoms with Crippen LogP contribution in [0.4, 0.5) is 0 Å². The first-order chi connectivity index (χ1) is 8.09. The van der Waals surface area contributed by atoms with Gasteiger partial charge in [0.05, 0.1) is 6.61 Å². The topological polar surface area (TPSA) is 55.6 Å². The molecule has 2 N–H and O–H groups in total. The number of amides is 1. The van der Waals surface area contributed by atoms with E-state index in [2.05, 4.69) is 0 Å². The van der Waals surface area contributed by atoms with Crippen molar-refractivity contribution in [3.8, 4) is 0 Å². The second kappa shape index (κ2) is 5.36.